The lowest BCUT2D eigenvalue weighted by Gasteiger charge is -2.38. The first-order chi connectivity index (χ1) is 6.13. The van der Waals surface area contributed by atoms with Crippen molar-refractivity contribution in [3.8, 4) is 0 Å². The summed E-state index contributed by atoms with van der Waals surface area (Å²) in [5.41, 5.74) is 6.04. The van der Waals surface area contributed by atoms with Gasteiger partial charge in [-0.05, 0) is 31.2 Å². The minimum Gasteiger partial charge on any atom is -0.327 e. The fourth-order valence-electron chi connectivity index (χ4n) is 2.26. The van der Waals surface area contributed by atoms with Gasteiger partial charge >= 0.3 is 0 Å². The minimum atomic E-state index is 0.410. The molecule has 2 heteroatoms. The van der Waals surface area contributed by atoms with Gasteiger partial charge in [0.05, 0.1) is 0 Å². The molecule has 0 saturated carbocycles. The quantitative estimate of drug-likeness (QED) is 0.723. The van der Waals surface area contributed by atoms with Crippen molar-refractivity contribution in [3.05, 3.63) is 0 Å². The van der Waals surface area contributed by atoms with Gasteiger partial charge in [0, 0.05) is 19.1 Å². The summed E-state index contributed by atoms with van der Waals surface area (Å²) in [6.45, 7) is 10.5. The highest BCUT2D eigenvalue weighted by Crippen LogP contribution is 2.22. The van der Waals surface area contributed by atoms with Crippen LogP contribution in [0.1, 0.15) is 33.6 Å². The third-order valence-corrected chi connectivity index (χ3v) is 3.07. The highest BCUT2D eigenvalue weighted by molar-refractivity contribution is 4.82. The maximum atomic E-state index is 6.04. The molecule has 1 saturated heterocycles. The highest BCUT2D eigenvalue weighted by Gasteiger charge is 2.26. The molecule has 13 heavy (non-hydrogen) atoms. The molecule has 0 aromatic heterocycles. The minimum absolute atomic E-state index is 0.410. The molecule has 0 aromatic rings. The van der Waals surface area contributed by atoms with Crippen molar-refractivity contribution in [2.45, 2.75) is 39.7 Å². The summed E-state index contributed by atoms with van der Waals surface area (Å²) in [4.78, 5) is 2.53. The molecule has 0 aliphatic carbocycles. The smallest absolute Gasteiger partial charge is 0.0171 e. The van der Waals surface area contributed by atoms with Crippen LogP contribution in [0, 0.1) is 11.8 Å². The first kappa shape index (κ1) is 11.0. The molecule has 1 aliphatic rings. The van der Waals surface area contributed by atoms with E-state index < -0.39 is 0 Å². The van der Waals surface area contributed by atoms with E-state index in [1.807, 2.05) is 0 Å². The van der Waals surface area contributed by atoms with Crippen molar-refractivity contribution in [2.75, 3.05) is 19.6 Å². The zero-order valence-corrected chi connectivity index (χ0v) is 9.29. The van der Waals surface area contributed by atoms with Gasteiger partial charge in [0.2, 0.25) is 0 Å². The Labute approximate surface area is 82.5 Å². The van der Waals surface area contributed by atoms with Gasteiger partial charge in [-0.3, -0.25) is 0 Å². The van der Waals surface area contributed by atoms with E-state index in [2.05, 4.69) is 25.7 Å². The zero-order chi connectivity index (χ0) is 9.84. The number of hydrogen-bond acceptors (Lipinski definition) is 2. The van der Waals surface area contributed by atoms with E-state index in [0.717, 1.165) is 18.4 Å². The Kier molecular flexibility index (Phi) is 4.20. The topological polar surface area (TPSA) is 29.3 Å². The zero-order valence-electron chi connectivity index (χ0n) is 9.29. The largest absolute Gasteiger partial charge is 0.327 e. The van der Waals surface area contributed by atoms with Gasteiger partial charge in [-0.15, -0.1) is 0 Å². The lowest BCUT2D eigenvalue weighted by molar-refractivity contribution is 0.129. The molecular formula is C11H24N2. The van der Waals surface area contributed by atoms with E-state index in [0.29, 0.717) is 6.04 Å². The van der Waals surface area contributed by atoms with E-state index in [1.54, 1.807) is 0 Å². The molecule has 1 fully saturated rings. The van der Waals surface area contributed by atoms with Crippen molar-refractivity contribution in [1.82, 2.24) is 4.90 Å². The van der Waals surface area contributed by atoms with E-state index in [4.69, 9.17) is 5.73 Å². The number of hydrogen-bond donors (Lipinski definition) is 1. The van der Waals surface area contributed by atoms with Gasteiger partial charge in [0.1, 0.15) is 0 Å². The third-order valence-electron chi connectivity index (χ3n) is 3.07. The van der Waals surface area contributed by atoms with Crippen molar-refractivity contribution in [2.24, 2.45) is 17.6 Å². The predicted molar refractivity (Wildman–Crippen MR) is 57.7 cm³/mol. The average Bonchev–Trinajstić information content (AvgIpc) is 2.03. The van der Waals surface area contributed by atoms with Gasteiger partial charge in [0.25, 0.3) is 0 Å². The van der Waals surface area contributed by atoms with Gasteiger partial charge in [-0.25, -0.2) is 0 Å². The number of piperidine rings is 1. The maximum absolute atomic E-state index is 6.04. The SMILES string of the molecule is CCCN1CC(N)CC(C(C)C)C1. The fourth-order valence-corrected chi connectivity index (χ4v) is 2.26. The molecule has 2 atom stereocenters. The maximum Gasteiger partial charge on any atom is 0.0171 e. The van der Waals surface area contributed by atoms with Gasteiger partial charge in [-0.1, -0.05) is 20.8 Å². The van der Waals surface area contributed by atoms with E-state index in [9.17, 15) is 0 Å². The summed E-state index contributed by atoms with van der Waals surface area (Å²) >= 11 is 0. The van der Waals surface area contributed by atoms with Gasteiger partial charge in [0.15, 0.2) is 0 Å². The molecule has 0 aromatic carbocycles. The number of likely N-dealkylation sites (tertiary alicyclic amines) is 1. The van der Waals surface area contributed by atoms with Crippen LogP contribution in [0.2, 0.25) is 0 Å². The number of nitrogens with two attached hydrogens (primary N) is 1. The molecule has 0 radical (unpaired) electrons. The summed E-state index contributed by atoms with van der Waals surface area (Å²) < 4.78 is 0. The molecule has 0 spiro atoms. The number of nitrogens with zero attached hydrogens (tertiary/aromatic N) is 1. The summed E-state index contributed by atoms with van der Waals surface area (Å²) in [7, 11) is 0. The van der Waals surface area contributed by atoms with Crippen LogP contribution in [-0.4, -0.2) is 30.6 Å². The average molecular weight is 184 g/mol. The van der Waals surface area contributed by atoms with Gasteiger partial charge in [-0.2, -0.15) is 0 Å². The Morgan fingerprint density at radius 2 is 2.08 bits per heavy atom. The second kappa shape index (κ2) is 4.97. The van der Waals surface area contributed by atoms with E-state index in [-0.39, 0.29) is 0 Å². The van der Waals surface area contributed by atoms with Crippen LogP contribution in [0.5, 0.6) is 0 Å². The van der Waals surface area contributed by atoms with Crippen LogP contribution < -0.4 is 5.73 Å². The summed E-state index contributed by atoms with van der Waals surface area (Å²) in [6.07, 6.45) is 2.47. The lowest BCUT2D eigenvalue weighted by Crippen LogP contribution is -2.48. The number of rotatable bonds is 3. The van der Waals surface area contributed by atoms with E-state index >= 15 is 0 Å². The first-order valence-corrected chi connectivity index (χ1v) is 5.61. The lowest BCUT2D eigenvalue weighted by atomic mass is 9.86. The normalized spacial score (nSPS) is 31.2. The second-order valence-corrected chi connectivity index (χ2v) is 4.76. The summed E-state index contributed by atoms with van der Waals surface area (Å²) in [5.74, 6) is 1.60. The van der Waals surface area contributed by atoms with Crippen molar-refractivity contribution < 1.29 is 0 Å². The molecule has 1 heterocycles. The Morgan fingerprint density at radius 3 is 2.62 bits per heavy atom. The standard InChI is InChI=1S/C11H24N2/c1-4-5-13-7-10(9(2)3)6-11(12)8-13/h9-11H,4-8,12H2,1-3H3. The van der Waals surface area contributed by atoms with Crippen molar-refractivity contribution in [1.29, 1.82) is 0 Å². The molecular weight excluding hydrogens is 160 g/mol. The highest BCUT2D eigenvalue weighted by atomic mass is 15.1. The Balaban J connectivity index is 2.42. The molecule has 2 nitrogen and oxygen atoms in total. The first-order valence-electron chi connectivity index (χ1n) is 5.61. The molecule has 0 bridgehead atoms. The van der Waals surface area contributed by atoms with Crippen molar-refractivity contribution >= 4 is 0 Å². The van der Waals surface area contributed by atoms with Crippen LogP contribution in [0.4, 0.5) is 0 Å². The Morgan fingerprint density at radius 1 is 1.38 bits per heavy atom. The molecule has 0 amide bonds. The van der Waals surface area contributed by atoms with Gasteiger partial charge < -0.3 is 10.6 Å². The predicted octanol–water partition coefficient (Wildman–Crippen LogP) is 1.70. The summed E-state index contributed by atoms with van der Waals surface area (Å²) in [6, 6.07) is 0.410. The molecule has 1 aliphatic heterocycles. The third kappa shape index (κ3) is 3.28. The van der Waals surface area contributed by atoms with Crippen LogP contribution >= 0.6 is 0 Å². The molecule has 2 N–H and O–H groups in total. The second-order valence-electron chi connectivity index (χ2n) is 4.76. The Bertz CT molecular complexity index is 145. The fraction of sp³-hybridized carbons (Fsp3) is 1.00. The van der Waals surface area contributed by atoms with Crippen LogP contribution in [0.15, 0.2) is 0 Å². The van der Waals surface area contributed by atoms with Crippen LogP contribution in [0.25, 0.3) is 0 Å². The molecule has 2 unspecified atom stereocenters. The van der Waals surface area contributed by atoms with Crippen LogP contribution in [0.3, 0.4) is 0 Å². The van der Waals surface area contributed by atoms with E-state index in [1.165, 1.54) is 25.9 Å². The molecule has 78 valence electrons. The molecule has 1 rings (SSSR count). The van der Waals surface area contributed by atoms with Crippen LogP contribution in [-0.2, 0) is 0 Å². The summed E-state index contributed by atoms with van der Waals surface area (Å²) in [5, 5.41) is 0. The van der Waals surface area contributed by atoms with Crippen molar-refractivity contribution in [3.63, 3.8) is 0 Å². The Hall–Kier alpha value is -0.0800. The monoisotopic (exact) mass is 184 g/mol.